The molecule has 0 fully saturated rings. The molecule has 0 atom stereocenters. The maximum atomic E-state index is 12.3. The lowest BCUT2D eigenvalue weighted by Gasteiger charge is -2.09. The van der Waals surface area contributed by atoms with E-state index in [4.69, 9.17) is 5.11 Å². The maximum absolute atomic E-state index is 12.3. The number of hydrogen-bond donors (Lipinski definition) is 2. The SMILES string of the molecule is CC(C)n1cc(S(=O)(=O)Nc2ccn(C)n2)cc1C(=O)O. The van der Waals surface area contributed by atoms with Crippen molar-refractivity contribution in [1.29, 1.82) is 0 Å². The molecule has 0 saturated carbocycles. The van der Waals surface area contributed by atoms with Crippen LogP contribution in [-0.2, 0) is 17.1 Å². The number of anilines is 1. The molecule has 2 heterocycles. The third-order valence-electron chi connectivity index (χ3n) is 2.86. The normalized spacial score (nSPS) is 11.8. The predicted octanol–water partition coefficient (Wildman–Crippen LogP) is 1.30. The molecule has 2 aromatic heterocycles. The third kappa shape index (κ3) is 3.07. The number of hydrogen-bond acceptors (Lipinski definition) is 4. The summed E-state index contributed by atoms with van der Waals surface area (Å²) in [7, 11) is -2.22. The average molecular weight is 312 g/mol. The molecule has 9 heteroatoms. The van der Waals surface area contributed by atoms with Gasteiger partial charge in [0.2, 0.25) is 0 Å². The van der Waals surface area contributed by atoms with Crippen molar-refractivity contribution in [2.45, 2.75) is 24.8 Å². The molecule has 0 amide bonds. The minimum Gasteiger partial charge on any atom is -0.477 e. The minimum absolute atomic E-state index is 0.0774. The van der Waals surface area contributed by atoms with Crippen LogP contribution in [0, 0.1) is 0 Å². The molecule has 0 spiro atoms. The van der Waals surface area contributed by atoms with E-state index in [1.54, 1.807) is 27.1 Å². The first-order valence-corrected chi connectivity index (χ1v) is 7.66. The van der Waals surface area contributed by atoms with Crippen LogP contribution >= 0.6 is 0 Å². The summed E-state index contributed by atoms with van der Waals surface area (Å²) in [5, 5.41) is 13.1. The van der Waals surface area contributed by atoms with Gasteiger partial charge >= 0.3 is 5.97 Å². The van der Waals surface area contributed by atoms with Gasteiger partial charge in [0, 0.05) is 31.5 Å². The van der Waals surface area contributed by atoms with E-state index in [-0.39, 0.29) is 22.4 Å². The number of carboxylic acid groups (broad SMARTS) is 1. The average Bonchev–Trinajstić information content (AvgIpc) is 2.95. The molecule has 2 N–H and O–H groups in total. The number of sulfonamides is 1. The van der Waals surface area contributed by atoms with Crippen LogP contribution in [0.1, 0.15) is 30.4 Å². The van der Waals surface area contributed by atoms with Gasteiger partial charge in [-0.3, -0.25) is 9.40 Å². The van der Waals surface area contributed by atoms with Crippen molar-refractivity contribution in [3.8, 4) is 0 Å². The smallest absolute Gasteiger partial charge is 0.352 e. The van der Waals surface area contributed by atoms with Crippen LogP contribution < -0.4 is 4.72 Å². The van der Waals surface area contributed by atoms with Crippen LogP contribution in [0.4, 0.5) is 5.82 Å². The molecule has 2 aromatic rings. The Morgan fingerprint density at radius 2 is 2.10 bits per heavy atom. The Balaban J connectivity index is 2.40. The van der Waals surface area contributed by atoms with Crippen molar-refractivity contribution in [3.63, 3.8) is 0 Å². The number of nitrogens with zero attached hydrogens (tertiary/aromatic N) is 3. The lowest BCUT2D eigenvalue weighted by molar-refractivity contribution is 0.0683. The van der Waals surface area contributed by atoms with Crippen molar-refractivity contribution < 1.29 is 18.3 Å². The van der Waals surface area contributed by atoms with Crippen molar-refractivity contribution in [2.75, 3.05) is 4.72 Å². The monoisotopic (exact) mass is 312 g/mol. The predicted molar refractivity (Wildman–Crippen MR) is 75.8 cm³/mol. The number of carboxylic acids is 1. The van der Waals surface area contributed by atoms with Gasteiger partial charge in [0.1, 0.15) is 10.6 Å². The quantitative estimate of drug-likeness (QED) is 0.865. The summed E-state index contributed by atoms with van der Waals surface area (Å²) < 4.78 is 29.7. The van der Waals surface area contributed by atoms with Crippen molar-refractivity contribution in [1.82, 2.24) is 14.3 Å². The van der Waals surface area contributed by atoms with E-state index >= 15 is 0 Å². The van der Waals surface area contributed by atoms with E-state index in [1.165, 1.54) is 21.5 Å². The molecule has 8 nitrogen and oxygen atoms in total. The fourth-order valence-electron chi connectivity index (χ4n) is 1.87. The fourth-order valence-corrected chi connectivity index (χ4v) is 2.89. The first-order valence-electron chi connectivity index (χ1n) is 6.18. The highest BCUT2D eigenvalue weighted by Gasteiger charge is 2.23. The topological polar surface area (TPSA) is 106 Å². The Morgan fingerprint density at radius 1 is 1.43 bits per heavy atom. The molecular formula is C12H16N4O4S. The van der Waals surface area contributed by atoms with Crippen LogP contribution in [0.3, 0.4) is 0 Å². The highest BCUT2D eigenvalue weighted by atomic mass is 32.2. The molecule has 0 aliphatic heterocycles. The largest absolute Gasteiger partial charge is 0.477 e. The van der Waals surface area contributed by atoms with Gasteiger partial charge in [0.25, 0.3) is 10.0 Å². The highest BCUT2D eigenvalue weighted by Crippen LogP contribution is 2.21. The molecule has 21 heavy (non-hydrogen) atoms. The van der Waals surface area contributed by atoms with E-state index in [9.17, 15) is 13.2 Å². The summed E-state index contributed by atoms with van der Waals surface area (Å²) in [6.07, 6.45) is 2.90. The van der Waals surface area contributed by atoms with Gasteiger partial charge in [-0.1, -0.05) is 0 Å². The van der Waals surface area contributed by atoms with Gasteiger partial charge in [0.05, 0.1) is 0 Å². The lowest BCUT2D eigenvalue weighted by Crippen LogP contribution is -2.13. The number of aryl methyl sites for hydroxylation is 1. The molecule has 0 unspecified atom stereocenters. The van der Waals surface area contributed by atoms with Gasteiger partial charge in [-0.15, -0.1) is 0 Å². The number of aromatic carboxylic acids is 1. The van der Waals surface area contributed by atoms with Crippen molar-refractivity contribution in [3.05, 3.63) is 30.2 Å². The zero-order valence-electron chi connectivity index (χ0n) is 11.8. The Labute approximate surface area is 122 Å². The second-order valence-corrected chi connectivity index (χ2v) is 6.53. The van der Waals surface area contributed by atoms with Crippen molar-refractivity contribution in [2.24, 2.45) is 7.05 Å². The van der Waals surface area contributed by atoms with Crippen LogP contribution in [0.5, 0.6) is 0 Å². The molecule has 0 aromatic carbocycles. The Hall–Kier alpha value is -2.29. The number of rotatable bonds is 5. The first-order chi connectivity index (χ1) is 9.70. The van der Waals surface area contributed by atoms with Gasteiger partial charge in [-0.05, 0) is 19.9 Å². The standard InChI is InChI=1S/C12H16N4O4S/c1-8(2)16-7-9(6-10(16)12(17)18)21(19,20)14-11-4-5-15(3)13-11/h4-8H,1-3H3,(H,13,14)(H,17,18). The van der Waals surface area contributed by atoms with E-state index < -0.39 is 16.0 Å². The molecule has 2 rings (SSSR count). The lowest BCUT2D eigenvalue weighted by atomic mass is 10.3. The summed E-state index contributed by atoms with van der Waals surface area (Å²) in [5.74, 6) is -1.00. The van der Waals surface area contributed by atoms with Crippen molar-refractivity contribution >= 4 is 21.8 Å². The molecule has 0 aliphatic rings. The van der Waals surface area contributed by atoms with Gasteiger partial charge < -0.3 is 9.67 Å². The Morgan fingerprint density at radius 3 is 2.52 bits per heavy atom. The van der Waals surface area contributed by atoms with E-state index in [1.807, 2.05) is 0 Å². The van der Waals surface area contributed by atoms with Gasteiger partial charge in [-0.2, -0.15) is 5.10 Å². The molecule has 114 valence electrons. The zero-order valence-corrected chi connectivity index (χ0v) is 12.6. The van der Waals surface area contributed by atoms with Crippen LogP contribution in [-0.4, -0.2) is 33.8 Å². The minimum atomic E-state index is -3.88. The molecule has 0 radical (unpaired) electrons. The highest BCUT2D eigenvalue weighted by molar-refractivity contribution is 7.92. The summed E-state index contributed by atoms with van der Waals surface area (Å²) in [6.45, 7) is 3.55. The maximum Gasteiger partial charge on any atom is 0.352 e. The molecular weight excluding hydrogens is 296 g/mol. The summed E-state index contributed by atoms with van der Waals surface area (Å²) in [6, 6.07) is 2.47. The van der Waals surface area contributed by atoms with Gasteiger partial charge in [0.15, 0.2) is 5.82 Å². The summed E-state index contributed by atoms with van der Waals surface area (Å²) in [4.78, 5) is 11.1. The fraction of sp³-hybridized carbons (Fsp3) is 0.333. The third-order valence-corrected chi connectivity index (χ3v) is 4.18. The molecule has 0 saturated heterocycles. The number of carbonyl (C=O) groups is 1. The second-order valence-electron chi connectivity index (χ2n) is 4.85. The number of aromatic nitrogens is 3. The van der Waals surface area contributed by atoms with Crippen LogP contribution in [0.15, 0.2) is 29.4 Å². The zero-order chi connectivity index (χ0) is 15.8. The first kappa shape index (κ1) is 15.1. The summed E-state index contributed by atoms with van der Waals surface area (Å²) >= 11 is 0. The Bertz CT molecular complexity index is 773. The molecule has 0 aliphatic carbocycles. The van der Waals surface area contributed by atoms with E-state index in [0.717, 1.165) is 6.07 Å². The summed E-state index contributed by atoms with van der Waals surface area (Å²) in [5.41, 5.74) is -0.0774. The van der Waals surface area contributed by atoms with Gasteiger partial charge in [-0.25, -0.2) is 13.2 Å². The number of nitrogens with one attached hydrogen (secondary N) is 1. The Kier molecular flexibility index (Phi) is 3.77. The van der Waals surface area contributed by atoms with E-state index in [0.29, 0.717) is 0 Å². The van der Waals surface area contributed by atoms with Crippen LogP contribution in [0.2, 0.25) is 0 Å². The second kappa shape index (κ2) is 5.24. The molecule has 0 bridgehead atoms. The van der Waals surface area contributed by atoms with Crippen LogP contribution in [0.25, 0.3) is 0 Å². The van der Waals surface area contributed by atoms with E-state index in [2.05, 4.69) is 9.82 Å².